The number of ketones is 1. The van der Waals surface area contributed by atoms with Gasteiger partial charge in [-0.05, 0) is 40.9 Å². The van der Waals surface area contributed by atoms with Gasteiger partial charge < -0.3 is 4.74 Å². The van der Waals surface area contributed by atoms with Crippen molar-refractivity contribution in [1.82, 2.24) is 0 Å². The number of ether oxygens (including phenoxy) is 1. The third-order valence-corrected chi connectivity index (χ3v) is 3.73. The first-order valence-electron chi connectivity index (χ1n) is 5.77. The van der Waals surface area contributed by atoms with E-state index in [0.717, 1.165) is 25.7 Å². The molecule has 0 saturated heterocycles. The fraction of sp³-hybridized carbons (Fsp3) is 0.462. The molecule has 1 saturated carbocycles. The fourth-order valence-electron chi connectivity index (χ4n) is 2.09. The van der Waals surface area contributed by atoms with Crippen molar-refractivity contribution in [2.24, 2.45) is 5.92 Å². The van der Waals surface area contributed by atoms with Gasteiger partial charge in [-0.1, -0.05) is 12.8 Å². The molecule has 1 fully saturated rings. The molecule has 1 aromatic carbocycles. The van der Waals surface area contributed by atoms with Gasteiger partial charge in [-0.15, -0.1) is 0 Å². The molecule has 2 nitrogen and oxygen atoms in total. The van der Waals surface area contributed by atoms with E-state index >= 15 is 0 Å². The maximum atomic E-state index is 13.2. The van der Waals surface area contributed by atoms with Crippen LogP contribution in [0.5, 0.6) is 5.75 Å². The van der Waals surface area contributed by atoms with E-state index in [2.05, 4.69) is 15.9 Å². The summed E-state index contributed by atoms with van der Waals surface area (Å²) in [5, 5.41) is 0. The molecule has 2 rings (SSSR count). The molecule has 0 aromatic heterocycles. The second-order valence-corrected chi connectivity index (χ2v) is 5.17. The Hall–Kier alpha value is -0.900. The van der Waals surface area contributed by atoms with Gasteiger partial charge in [0.15, 0.2) is 5.78 Å². The number of halogens is 2. The minimum Gasteiger partial charge on any atom is -0.486 e. The van der Waals surface area contributed by atoms with Crippen LogP contribution in [0.2, 0.25) is 0 Å². The maximum absolute atomic E-state index is 13.2. The van der Waals surface area contributed by atoms with Crippen molar-refractivity contribution in [3.8, 4) is 5.75 Å². The van der Waals surface area contributed by atoms with Crippen LogP contribution in [0, 0.1) is 11.7 Å². The van der Waals surface area contributed by atoms with E-state index in [9.17, 15) is 9.18 Å². The Morgan fingerprint density at radius 1 is 1.41 bits per heavy atom. The molecule has 0 N–H and O–H groups in total. The summed E-state index contributed by atoms with van der Waals surface area (Å²) in [6.07, 6.45) is 4.19. The molecule has 1 aliphatic carbocycles. The highest BCUT2D eigenvalue weighted by atomic mass is 79.9. The van der Waals surface area contributed by atoms with Crippen LogP contribution in [-0.2, 0) is 4.79 Å². The van der Waals surface area contributed by atoms with Gasteiger partial charge in [0.05, 0.1) is 4.47 Å². The smallest absolute Gasteiger partial charge is 0.173 e. The van der Waals surface area contributed by atoms with Crippen molar-refractivity contribution in [2.45, 2.75) is 25.7 Å². The zero-order valence-corrected chi connectivity index (χ0v) is 11.0. The van der Waals surface area contributed by atoms with Crippen molar-refractivity contribution >= 4 is 21.7 Å². The molecule has 0 unspecified atom stereocenters. The van der Waals surface area contributed by atoms with Crippen molar-refractivity contribution in [1.29, 1.82) is 0 Å². The number of hydrogen-bond donors (Lipinski definition) is 0. The topological polar surface area (TPSA) is 26.3 Å². The molecule has 4 heteroatoms. The number of carbonyl (C=O) groups is 1. The fourth-order valence-corrected chi connectivity index (χ4v) is 2.33. The first-order chi connectivity index (χ1) is 8.16. The molecule has 0 radical (unpaired) electrons. The van der Waals surface area contributed by atoms with E-state index in [4.69, 9.17) is 4.74 Å². The number of rotatable bonds is 4. The number of benzene rings is 1. The molecule has 0 spiro atoms. The first kappa shape index (κ1) is 12.6. The summed E-state index contributed by atoms with van der Waals surface area (Å²) in [5.74, 6) is 0.300. The summed E-state index contributed by atoms with van der Waals surface area (Å²) >= 11 is 3.07. The molecule has 1 aliphatic rings. The molecular formula is C13H14BrFO2. The van der Waals surface area contributed by atoms with E-state index in [-0.39, 0.29) is 24.1 Å². The summed E-state index contributed by atoms with van der Waals surface area (Å²) in [6, 6.07) is 4.51. The van der Waals surface area contributed by atoms with Crippen LogP contribution in [0.3, 0.4) is 0 Å². The highest BCUT2D eigenvalue weighted by Crippen LogP contribution is 2.26. The summed E-state index contributed by atoms with van der Waals surface area (Å²) in [5.41, 5.74) is 0. The molecule has 0 amide bonds. The third kappa shape index (κ3) is 3.28. The van der Waals surface area contributed by atoms with Crippen LogP contribution in [0.15, 0.2) is 22.7 Å². The molecule has 1 aromatic rings. The standard InChI is InChI=1S/C13H14BrFO2/c14-11-6-5-10(7-12(11)15)17-8-13(16)9-3-1-2-4-9/h5-7,9H,1-4,8H2. The highest BCUT2D eigenvalue weighted by molar-refractivity contribution is 9.10. The number of Topliss-reactive ketones (excluding diaryl/α,β-unsaturated/α-hetero) is 1. The van der Waals surface area contributed by atoms with Crippen LogP contribution < -0.4 is 4.74 Å². The largest absolute Gasteiger partial charge is 0.486 e. The Kier molecular flexibility index (Phi) is 4.15. The third-order valence-electron chi connectivity index (χ3n) is 3.08. The van der Waals surface area contributed by atoms with Gasteiger partial charge in [-0.25, -0.2) is 4.39 Å². The summed E-state index contributed by atoms with van der Waals surface area (Å²) in [7, 11) is 0. The minimum atomic E-state index is -0.379. The van der Waals surface area contributed by atoms with Crippen LogP contribution in [-0.4, -0.2) is 12.4 Å². The Balaban J connectivity index is 1.88. The minimum absolute atomic E-state index is 0.0474. The van der Waals surface area contributed by atoms with Gasteiger partial charge in [0.1, 0.15) is 18.2 Å². The van der Waals surface area contributed by atoms with Crippen molar-refractivity contribution in [2.75, 3.05) is 6.61 Å². The molecule has 0 aliphatic heterocycles. The van der Waals surface area contributed by atoms with Crippen LogP contribution >= 0.6 is 15.9 Å². The quantitative estimate of drug-likeness (QED) is 0.847. The average Bonchev–Trinajstić information content (AvgIpc) is 2.84. The first-order valence-corrected chi connectivity index (χ1v) is 6.56. The van der Waals surface area contributed by atoms with Gasteiger partial charge in [-0.3, -0.25) is 4.79 Å². The van der Waals surface area contributed by atoms with Gasteiger partial charge >= 0.3 is 0 Å². The Labute approximate surface area is 108 Å². The zero-order valence-electron chi connectivity index (χ0n) is 9.42. The van der Waals surface area contributed by atoms with Gasteiger partial charge in [0, 0.05) is 12.0 Å². The average molecular weight is 301 g/mol. The number of hydrogen-bond acceptors (Lipinski definition) is 2. The lowest BCUT2D eigenvalue weighted by molar-refractivity contribution is -0.124. The maximum Gasteiger partial charge on any atom is 0.173 e. The summed E-state index contributed by atoms with van der Waals surface area (Å²) < 4.78 is 18.9. The molecular weight excluding hydrogens is 287 g/mol. The van der Waals surface area contributed by atoms with Gasteiger partial charge in [0.25, 0.3) is 0 Å². The van der Waals surface area contributed by atoms with Crippen molar-refractivity contribution in [3.63, 3.8) is 0 Å². The Morgan fingerprint density at radius 2 is 2.12 bits per heavy atom. The Bertz CT molecular complexity index is 414. The second-order valence-electron chi connectivity index (χ2n) is 4.31. The highest BCUT2D eigenvalue weighted by Gasteiger charge is 2.22. The Morgan fingerprint density at radius 3 is 2.76 bits per heavy atom. The van der Waals surface area contributed by atoms with E-state index < -0.39 is 0 Å². The lowest BCUT2D eigenvalue weighted by Gasteiger charge is -2.09. The molecule has 92 valence electrons. The van der Waals surface area contributed by atoms with E-state index in [0.29, 0.717) is 10.2 Å². The summed E-state index contributed by atoms with van der Waals surface area (Å²) in [4.78, 5) is 11.7. The monoisotopic (exact) mass is 300 g/mol. The van der Waals surface area contributed by atoms with E-state index in [1.165, 1.54) is 6.07 Å². The van der Waals surface area contributed by atoms with Gasteiger partial charge in [-0.2, -0.15) is 0 Å². The van der Waals surface area contributed by atoms with E-state index in [1.807, 2.05) is 0 Å². The molecule has 0 atom stereocenters. The van der Waals surface area contributed by atoms with Crippen LogP contribution in [0.4, 0.5) is 4.39 Å². The van der Waals surface area contributed by atoms with Crippen molar-refractivity contribution in [3.05, 3.63) is 28.5 Å². The lowest BCUT2D eigenvalue weighted by atomic mass is 10.0. The lowest BCUT2D eigenvalue weighted by Crippen LogP contribution is -2.19. The van der Waals surface area contributed by atoms with Crippen LogP contribution in [0.1, 0.15) is 25.7 Å². The normalized spacial score (nSPS) is 16.1. The predicted molar refractivity (Wildman–Crippen MR) is 66.6 cm³/mol. The zero-order chi connectivity index (χ0) is 12.3. The molecule has 0 heterocycles. The SMILES string of the molecule is O=C(COc1ccc(Br)c(F)c1)C1CCCC1. The van der Waals surface area contributed by atoms with Gasteiger partial charge in [0.2, 0.25) is 0 Å². The van der Waals surface area contributed by atoms with Crippen molar-refractivity contribution < 1.29 is 13.9 Å². The number of carbonyl (C=O) groups excluding carboxylic acids is 1. The second kappa shape index (κ2) is 5.63. The van der Waals surface area contributed by atoms with Crippen LogP contribution in [0.25, 0.3) is 0 Å². The summed E-state index contributed by atoms with van der Waals surface area (Å²) in [6.45, 7) is 0.0474. The van der Waals surface area contributed by atoms with E-state index in [1.54, 1.807) is 12.1 Å². The molecule has 0 bridgehead atoms. The predicted octanol–water partition coefficient (Wildman–Crippen LogP) is 3.73. The molecule has 17 heavy (non-hydrogen) atoms.